The van der Waals surface area contributed by atoms with Crippen LogP contribution in [0.2, 0.25) is 0 Å². The molecule has 1 aliphatic heterocycles. The molecule has 22 heavy (non-hydrogen) atoms. The third-order valence-corrected chi connectivity index (χ3v) is 4.21. The Morgan fingerprint density at radius 1 is 1.23 bits per heavy atom. The number of ether oxygens (including phenoxy) is 1. The standard InChI is InChI=1S/C18H23N3O/c1-2-22-18-9-4-3-7-15(18)13-21-12-6-5-8-17(21)16-10-11-19-14-20-16/h3-4,7,9-11,14,17H,2,5-6,8,12-13H2,1H3/t17-/m0/s1. The third kappa shape index (κ3) is 3.45. The first-order chi connectivity index (χ1) is 10.9. The van der Waals surface area contributed by atoms with Crippen molar-refractivity contribution in [1.82, 2.24) is 14.9 Å². The number of aromatic nitrogens is 2. The second kappa shape index (κ2) is 7.36. The first-order valence-electron chi connectivity index (χ1n) is 8.09. The van der Waals surface area contributed by atoms with Crippen molar-refractivity contribution in [1.29, 1.82) is 0 Å². The van der Waals surface area contributed by atoms with Gasteiger partial charge < -0.3 is 4.74 Å². The lowest BCUT2D eigenvalue weighted by Gasteiger charge is -2.35. The second-order valence-corrected chi connectivity index (χ2v) is 5.66. The molecule has 1 aromatic carbocycles. The predicted molar refractivity (Wildman–Crippen MR) is 86.6 cm³/mol. The second-order valence-electron chi connectivity index (χ2n) is 5.66. The van der Waals surface area contributed by atoms with Crippen molar-refractivity contribution in [2.24, 2.45) is 0 Å². The van der Waals surface area contributed by atoms with Gasteiger partial charge in [-0.2, -0.15) is 0 Å². The molecule has 1 aliphatic rings. The average molecular weight is 297 g/mol. The summed E-state index contributed by atoms with van der Waals surface area (Å²) in [6.07, 6.45) is 7.16. The summed E-state index contributed by atoms with van der Waals surface area (Å²) in [4.78, 5) is 11.0. The number of piperidine rings is 1. The molecule has 0 aliphatic carbocycles. The first kappa shape index (κ1) is 15.0. The Bertz CT molecular complexity index is 588. The highest BCUT2D eigenvalue weighted by Crippen LogP contribution is 2.32. The first-order valence-corrected chi connectivity index (χ1v) is 8.09. The SMILES string of the molecule is CCOc1ccccc1CN1CCCC[C@H]1c1ccncn1. The molecule has 0 unspecified atom stereocenters. The minimum absolute atomic E-state index is 0.381. The van der Waals surface area contributed by atoms with Gasteiger partial charge in [0.15, 0.2) is 0 Å². The normalized spacial score (nSPS) is 19.0. The van der Waals surface area contributed by atoms with Crippen LogP contribution >= 0.6 is 0 Å². The minimum atomic E-state index is 0.381. The van der Waals surface area contributed by atoms with Gasteiger partial charge in [0.2, 0.25) is 0 Å². The molecule has 0 radical (unpaired) electrons. The van der Waals surface area contributed by atoms with Crippen LogP contribution in [0, 0.1) is 0 Å². The van der Waals surface area contributed by atoms with Gasteiger partial charge in [-0.25, -0.2) is 9.97 Å². The van der Waals surface area contributed by atoms with Gasteiger partial charge in [0, 0.05) is 18.3 Å². The smallest absolute Gasteiger partial charge is 0.123 e. The molecular weight excluding hydrogens is 274 g/mol. The van der Waals surface area contributed by atoms with Gasteiger partial charge in [-0.1, -0.05) is 24.6 Å². The molecule has 116 valence electrons. The van der Waals surface area contributed by atoms with E-state index >= 15 is 0 Å². The molecule has 0 saturated carbocycles. The molecule has 4 nitrogen and oxygen atoms in total. The van der Waals surface area contributed by atoms with E-state index in [2.05, 4.69) is 33.1 Å². The summed E-state index contributed by atoms with van der Waals surface area (Å²) in [7, 11) is 0. The summed E-state index contributed by atoms with van der Waals surface area (Å²) in [5, 5.41) is 0. The number of benzene rings is 1. The number of rotatable bonds is 5. The van der Waals surface area contributed by atoms with Crippen LogP contribution in [0.1, 0.15) is 43.5 Å². The van der Waals surface area contributed by atoms with E-state index in [1.54, 1.807) is 6.33 Å². The highest BCUT2D eigenvalue weighted by atomic mass is 16.5. The molecule has 1 atom stereocenters. The number of hydrogen-bond acceptors (Lipinski definition) is 4. The van der Waals surface area contributed by atoms with Crippen molar-refractivity contribution in [3.63, 3.8) is 0 Å². The Labute approximate surface area is 132 Å². The van der Waals surface area contributed by atoms with E-state index < -0.39 is 0 Å². The van der Waals surface area contributed by atoms with Gasteiger partial charge in [-0.05, 0) is 38.4 Å². The van der Waals surface area contributed by atoms with Gasteiger partial charge in [0.25, 0.3) is 0 Å². The lowest BCUT2D eigenvalue weighted by molar-refractivity contribution is 0.135. The monoisotopic (exact) mass is 297 g/mol. The Kier molecular flexibility index (Phi) is 5.01. The number of likely N-dealkylation sites (tertiary alicyclic amines) is 1. The fraction of sp³-hybridized carbons (Fsp3) is 0.444. The van der Waals surface area contributed by atoms with E-state index in [1.165, 1.54) is 18.4 Å². The minimum Gasteiger partial charge on any atom is -0.494 e. The molecular formula is C18H23N3O. The van der Waals surface area contributed by atoms with E-state index in [4.69, 9.17) is 4.74 Å². The zero-order valence-corrected chi connectivity index (χ0v) is 13.1. The molecule has 0 bridgehead atoms. The fourth-order valence-electron chi connectivity index (χ4n) is 3.16. The maximum Gasteiger partial charge on any atom is 0.123 e. The topological polar surface area (TPSA) is 38.2 Å². The molecule has 0 spiro atoms. The van der Waals surface area contributed by atoms with E-state index in [0.29, 0.717) is 12.6 Å². The van der Waals surface area contributed by atoms with Crippen molar-refractivity contribution >= 4 is 0 Å². The molecule has 4 heteroatoms. The Morgan fingerprint density at radius 2 is 2.14 bits per heavy atom. The molecule has 1 aromatic heterocycles. The van der Waals surface area contributed by atoms with Crippen molar-refractivity contribution < 1.29 is 4.74 Å². The van der Waals surface area contributed by atoms with Crippen LogP contribution in [0.3, 0.4) is 0 Å². The van der Waals surface area contributed by atoms with Gasteiger partial charge in [-0.3, -0.25) is 4.90 Å². The molecule has 3 rings (SSSR count). The zero-order valence-electron chi connectivity index (χ0n) is 13.1. The predicted octanol–water partition coefficient (Wildman–Crippen LogP) is 3.60. The van der Waals surface area contributed by atoms with Crippen LogP contribution in [-0.2, 0) is 6.54 Å². The largest absolute Gasteiger partial charge is 0.494 e. The molecule has 1 saturated heterocycles. The Hall–Kier alpha value is -1.94. The van der Waals surface area contributed by atoms with Crippen LogP contribution < -0.4 is 4.74 Å². The summed E-state index contributed by atoms with van der Waals surface area (Å²) in [5.41, 5.74) is 2.38. The van der Waals surface area contributed by atoms with Gasteiger partial charge >= 0.3 is 0 Å². The molecule has 2 heterocycles. The van der Waals surface area contributed by atoms with Crippen LogP contribution in [0.25, 0.3) is 0 Å². The summed E-state index contributed by atoms with van der Waals surface area (Å²) >= 11 is 0. The van der Waals surface area contributed by atoms with Crippen molar-refractivity contribution in [2.75, 3.05) is 13.2 Å². The number of hydrogen-bond donors (Lipinski definition) is 0. The molecule has 1 fully saturated rings. The Morgan fingerprint density at radius 3 is 2.95 bits per heavy atom. The van der Waals surface area contributed by atoms with Crippen LogP contribution in [-0.4, -0.2) is 28.0 Å². The van der Waals surface area contributed by atoms with Crippen molar-refractivity contribution in [2.45, 2.75) is 38.8 Å². The van der Waals surface area contributed by atoms with Crippen LogP contribution in [0.4, 0.5) is 0 Å². The van der Waals surface area contributed by atoms with Crippen LogP contribution in [0.15, 0.2) is 42.9 Å². The van der Waals surface area contributed by atoms with Gasteiger partial charge in [0.05, 0.1) is 18.3 Å². The van der Waals surface area contributed by atoms with E-state index in [-0.39, 0.29) is 0 Å². The number of para-hydroxylation sites is 1. The van der Waals surface area contributed by atoms with Crippen molar-refractivity contribution in [3.05, 3.63) is 54.1 Å². The van der Waals surface area contributed by atoms with E-state index in [0.717, 1.165) is 31.0 Å². The Balaban J connectivity index is 1.80. The fourth-order valence-corrected chi connectivity index (χ4v) is 3.16. The maximum atomic E-state index is 5.77. The maximum absolute atomic E-state index is 5.77. The van der Waals surface area contributed by atoms with Crippen molar-refractivity contribution in [3.8, 4) is 5.75 Å². The lowest BCUT2D eigenvalue weighted by atomic mass is 9.98. The molecule has 2 aromatic rings. The lowest BCUT2D eigenvalue weighted by Crippen LogP contribution is -2.33. The van der Waals surface area contributed by atoms with E-state index in [9.17, 15) is 0 Å². The van der Waals surface area contributed by atoms with E-state index in [1.807, 2.05) is 25.3 Å². The summed E-state index contributed by atoms with van der Waals surface area (Å²) in [6.45, 7) is 4.74. The summed E-state index contributed by atoms with van der Waals surface area (Å²) in [6, 6.07) is 10.8. The zero-order chi connectivity index (χ0) is 15.2. The number of nitrogens with zero attached hydrogens (tertiary/aromatic N) is 3. The third-order valence-electron chi connectivity index (χ3n) is 4.21. The summed E-state index contributed by atoms with van der Waals surface area (Å²) in [5.74, 6) is 0.997. The summed E-state index contributed by atoms with van der Waals surface area (Å²) < 4.78 is 5.77. The quantitative estimate of drug-likeness (QED) is 0.845. The highest BCUT2D eigenvalue weighted by Gasteiger charge is 2.25. The van der Waals surface area contributed by atoms with Crippen LogP contribution in [0.5, 0.6) is 5.75 Å². The highest BCUT2D eigenvalue weighted by molar-refractivity contribution is 5.33. The van der Waals surface area contributed by atoms with Gasteiger partial charge in [-0.15, -0.1) is 0 Å². The molecule has 0 amide bonds. The van der Waals surface area contributed by atoms with Gasteiger partial charge in [0.1, 0.15) is 12.1 Å². The molecule has 0 N–H and O–H groups in total. The average Bonchev–Trinajstić information content (AvgIpc) is 2.58.